The number of nitrogens with one attached hydrogen (secondary N) is 1. The first kappa shape index (κ1) is 25.9. The Labute approximate surface area is 235 Å². The minimum atomic E-state index is -0.114. The number of carbonyl (C=O) groups excluding carboxylic acids is 1. The summed E-state index contributed by atoms with van der Waals surface area (Å²) < 4.78 is 0.927. The number of halogens is 1. The second-order valence-corrected chi connectivity index (χ2v) is 11.7. The van der Waals surface area contributed by atoms with Gasteiger partial charge in [0.15, 0.2) is 0 Å². The number of anilines is 3. The lowest BCUT2D eigenvalue weighted by molar-refractivity contribution is 0.0827. The third-order valence-electron chi connectivity index (χ3n) is 7.17. The second-order valence-electron chi connectivity index (χ2n) is 10.2. The van der Waals surface area contributed by atoms with Gasteiger partial charge in [0, 0.05) is 86.0 Å². The molecular weight excluding hydrogens is 536 g/mol. The number of pyridine rings is 1. The van der Waals surface area contributed by atoms with Crippen LogP contribution in [0, 0.1) is 6.92 Å². The average Bonchev–Trinajstić information content (AvgIpc) is 3.62. The highest BCUT2D eigenvalue weighted by molar-refractivity contribution is 7.21. The Balaban J connectivity index is 1.23. The molecule has 6 rings (SSSR count). The number of hydrogen-bond acceptors (Lipinski definition) is 10. The van der Waals surface area contributed by atoms with Crippen LogP contribution in [0.3, 0.4) is 0 Å². The van der Waals surface area contributed by atoms with Crippen molar-refractivity contribution in [1.29, 1.82) is 0 Å². The zero-order chi connectivity index (χ0) is 27.3. The summed E-state index contributed by atoms with van der Waals surface area (Å²) in [6, 6.07) is 9.90. The van der Waals surface area contributed by atoms with Crippen molar-refractivity contribution in [3.05, 3.63) is 52.8 Å². The van der Waals surface area contributed by atoms with Crippen LogP contribution in [0.5, 0.6) is 0 Å². The van der Waals surface area contributed by atoms with Gasteiger partial charge in [0.1, 0.15) is 16.6 Å². The molecule has 12 heteroatoms. The van der Waals surface area contributed by atoms with Crippen molar-refractivity contribution in [2.75, 3.05) is 50.6 Å². The van der Waals surface area contributed by atoms with Gasteiger partial charge in [0.2, 0.25) is 5.95 Å². The molecule has 2 aliphatic heterocycles. The number of fused-ring (bicyclic) bond motifs is 3. The minimum absolute atomic E-state index is 0.114. The monoisotopic (exact) mass is 564 g/mol. The molecule has 0 spiro atoms. The maximum absolute atomic E-state index is 12.5. The normalized spacial score (nSPS) is 18.7. The predicted molar refractivity (Wildman–Crippen MR) is 154 cm³/mol. The lowest BCUT2D eigenvalue weighted by Crippen LogP contribution is -2.47. The Bertz CT molecular complexity index is 1560. The van der Waals surface area contributed by atoms with E-state index in [0.29, 0.717) is 34.3 Å². The molecule has 2 saturated heterocycles. The number of rotatable bonds is 7. The highest BCUT2D eigenvalue weighted by Gasteiger charge is 2.44. The predicted octanol–water partition coefficient (Wildman–Crippen LogP) is 3.81. The Morgan fingerprint density at radius 2 is 1.97 bits per heavy atom. The van der Waals surface area contributed by atoms with Crippen LogP contribution in [0.15, 0.2) is 36.5 Å². The van der Waals surface area contributed by atoms with E-state index in [1.807, 2.05) is 31.2 Å². The van der Waals surface area contributed by atoms with Gasteiger partial charge in [-0.1, -0.05) is 11.6 Å². The molecule has 5 heterocycles. The lowest BCUT2D eigenvalue weighted by Gasteiger charge is -2.34. The van der Waals surface area contributed by atoms with Gasteiger partial charge in [-0.25, -0.2) is 15.0 Å². The SMILES string of the molecule is Cc1cc(Nc2cc3nc(-c4cc(Cl)cc(C(=O)N(C)C)c4)sc3cn2)nc(N2C[C@@H]3C[C@H]2CN3CCO)n1. The molecule has 2 aliphatic rings. The number of nitrogens with zero attached hydrogens (tertiary/aromatic N) is 7. The molecule has 3 aromatic heterocycles. The molecule has 0 unspecified atom stereocenters. The van der Waals surface area contributed by atoms with E-state index in [0.717, 1.165) is 58.5 Å². The van der Waals surface area contributed by atoms with E-state index in [2.05, 4.69) is 20.1 Å². The molecule has 2 bridgehead atoms. The van der Waals surface area contributed by atoms with Gasteiger partial charge in [-0.05, 0) is 31.5 Å². The van der Waals surface area contributed by atoms with Crippen LogP contribution in [0.1, 0.15) is 22.5 Å². The van der Waals surface area contributed by atoms with E-state index in [9.17, 15) is 9.90 Å². The zero-order valence-electron chi connectivity index (χ0n) is 21.9. The van der Waals surface area contributed by atoms with E-state index >= 15 is 0 Å². The van der Waals surface area contributed by atoms with Crippen molar-refractivity contribution >= 4 is 56.6 Å². The maximum Gasteiger partial charge on any atom is 0.253 e. The molecule has 202 valence electrons. The van der Waals surface area contributed by atoms with Gasteiger partial charge in [0.25, 0.3) is 5.91 Å². The summed E-state index contributed by atoms with van der Waals surface area (Å²) in [5, 5.41) is 13.9. The highest BCUT2D eigenvalue weighted by Crippen LogP contribution is 2.35. The number of piperazine rings is 1. The molecule has 1 aromatic carbocycles. The highest BCUT2D eigenvalue weighted by atomic mass is 35.5. The summed E-state index contributed by atoms with van der Waals surface area (Å²) in [5.41, 5.74) is 2.97. The van der Waals surface area contributed by atoms with Crippen LogP contribution in [0.25, 0.3) is 20.8 Å². The molecule has 2 atom stereocenters. The van der Waals surface area contributed by atoms with Crippen LogP contribution in [0.2, 0.25) is 5.02 Å². The Morgan fingerprint density at radius 1 is 1.13 bits per heavy atom. The van der Waals surface area contributed by atoms with Crippen molar-refractivity contribution in [3.63, 3.8) is 0 Å². The first-order valence-corrected chi connectivity index (χ1v) is 14.0. The van der Waals surface area contributed by atoms with Gasteiger partial charge in [0.05, 0.1) is 16.8 Å². The number of amides is 1. The molecule has 2 N–H and O–H groups in total. The Morgan fingerprint density at radius 3 is 2.72 bits per heavy atom. The van der Waals surface area contributed by atoms with Crippen molar-refractivity contribution < 1.29 is 9.90 Å². The molecule has 0 saturated carbocycles. The summed E-state index contributed by atoms with van der Waals surface area (Å²) in [6.45, 7) is 4.66. The molecule has 10 nitrogen and oxygen atoms in total. The molecule has 4 aromatic rings. The minimum Gasteiger partial charge on any atom is -0.395 e. The smallest absolute Gasteiger partial charge is 0.253 e. The second kappa shape index (κ2) is 10.3. The number of carbonyl (C=O) groups is 1. The number of hydrogen-bond donors (Lipinski definition) is 2. The van der Waals surface area contributed by atoms with Gasteiger partial charge >= 0.3 is 0 Å². The Hall–Kier alpha value is -3.38. The lowest BCUT2D eigenvalue weighted by atomic mass is 10.1. The van der Waals surface area contributed by atoms with Crippen LogP contribution in [-0.4, -0.2) is 93.2 Å². The number of β-amino-alcohol motifs (C(OH)–C–C–N with tert-alkyl or cyclic N) is 1. The molecule has 1 amide bonds. The number of benzene rings is 1. The maximum atomic E-state index is 12.5. The molecular formula is C27H29ClN8O2S. The van der Waals surface area contributed by atoms with E-state index < -0.39 is 0 Å². The standard InChI is InChI=1S/C27H29ClN8O2S/c1-15-6-24(33-27(30-15)36-14-19-10-20(36)13-35(19)4-5-37)32-23-11-21-22(12-29-23)39-25(31-21)16-7-17(9-18(28)8-16)26(38)34(2)3/h6-9,11-12,19-20,37H,4-5,10,13-14H2,1-3H3,(H,29,30,32,33)/t19-,20-/m0/s1. The Kier molecular flexibility index (Phi) is 6.84. The number of aryl methyl sites for hydroxylation is 1. The molecule has 39 heavy (non-hydrogen) atoms. The van der Waals surface area contributed by atoms with Gasteiger partial charge in [-0.2, -0.15) is 4.98 Å². The zero-order valence-corrected chi connectivity index (χ0v) is 23.5. The summed E-state index contributed by atoms with van der Waals surface area (Å²) in [5.74, 6) is 1.91. The number of thiazole rings is 1. The summed E-state index contributed by atoms with van der Waals surface area (Å²) in [4.78, 5) is 37.6. The summed E-state index contributed by atoms with van der Waals surface area (Å²) in [6.07, 6.45) is 2.86. The first-order valence-electron chi connectivity index (χ1n) is 12.8. The largest absolute Gasteiger partial charge is 0.395 e. The fourth-order valence-electron chi connectivity index (χ4n) is 5.39. The van der Waals surface area contributed by atoms with Crippen molar-refractivity contribution in [2.24, 2.45) is 0 Å². The van der Waals surface area contributed by atoms with Crippen molar-refractivity contribution in [3.8, 4) is 10.6 Å². The van der Waals surface area contributed by atoms with Gasteiger partial charge in [-0.3, -0.25) is 9.69 Å². The first-order chi connectivity index (χ1) is 18.8. The summed E-state index contributed by atoms with van der Waals surface area (Å²) in [7, 11) is 3.43. The summed E-state index contributed by atoms with van der Waals surface area (Å²) >= 11 is 7.83. The topological polar surface area (TPSA) is 111 Å². The fourth-order valence-corrected chi connectivity index (χ4v) is 6.53. The molecule has 0 aliphatic carbocycles. The van der Waals surface area contributed by atoms with Crippen LogP contribution in [-0.2, 0) is 0 Å². The molecule has 0 radical (unpaired) electrons. The van der Waals surface area contributed by atoms with Crippen LogP contribution < -0.4 is 10.2 Å². The van der Waals surface area contributed by atoms with Crippen molar-refractivity contribution in [1.82, 2.24) is 29.7 Å². The van der Waals surface area contributed by atoms with Crippen molar-refractivity contribution in [2.45, 2.75) is 25.4 Å². The number of aliphatic hydroxyl groups is 1. The van der Waals surface area contributed by atoms with E-state index in [1.54, 1.807) is 26.4 Å². The van der Waals surface area contributed by atoms with E-state index in [4.69, 9.17) is 26.6 Å². The molecule has 2 fully saturated rings. The average molecular weight is 565 g/mol. The fraction of sp³-hybridized carbons (Fsp3) is 0.370. The van der Waals surface area contributed by atoms with Gasteiger partial charge < -0.3 is 20.2 Å². The van der Waals surface area contributed by atoms with E-state index in [-0.39, 0.29) is 12.5 Å². The van der Waals surface area contributed by atoms with Crippen LogP contribution >= 0.6 is 22.9 Å². The number of aromatic nitrogens is 4. The third-order valence-corrected chi connectivity index (χ3v) is 8.44. The van der Waals surface area contributed by atoms with Gasteiger partial charge in [-0.15, -0.1) is 11.3 Å². The number of aliphatic hydroxyl groups excluding tert-OH is 1. The third kappa shape index (κ3) is 5.14. The van der Waals surface area contributed by atoms with Crippen LogP contribution in [0.4, 0.5) is 17.6 Å². The number of likely N-dealkylation sites (tertiary alicyclic amines) is 1. The quantitative estimate of drug-likeness (QED) is 0.346. The van der Waals surface area contributed by atoms with E-state index in [1.165, 1.54) is 16.2 Å².